The summed E-state index contributed by atoms with van der Waals surface area (Å²) in [5, 5.41) is 5.41. The molecule has 2 fully saturated rings. The minimum absolute atomic E-state index is 0.255. The quantitative estimate of drug-likeness (QED) is 0.471. The Bertz CT molecular complexity index is 1420. The molecule has 0 saturated carbocycles. The normalized spacial score (nSPS) is 20.3. The summed E-state index contributed by atoms with van der Waals surface area (Å²) in [5.41, 5.74) is 3.25. The van der Waals surface area contributed by atoms with E-state index in [-0.39, 0.29) is 11.7 Å². The Morgan fingerprint density at radius 1 is 1.03 bits per heavy atom. The maximum Gasteiger partial charge on any atom is 0.286 e. The monoisotopic (exact) mass is 535 g/mol. The molecule has 3 aromatic rings. The molecule has 0 unspecified atom stereocenters. The average molecular weight is 536 g/mol. The van der Waals surface area contributed by atoms with Gasteiger partial charge in [0, 0.05) is 50.9 Å². The highest BCUT2D eigenvalue weighted by atomic mass is 32.2. The molecule has 0 atom stereocenters. The number of aromatic nitrogens is 3. The van der Waals surface area contributed by atoms with Crippen molar-refractivity contribution in [3.05, 3.63) is 52.9 Å². The fourth-order valence-electron chi connectivity index (χ4n) is 4.99. The van der Waals surface area contributed by atoms with E-state index in [4.69, 9.17) is 9.84 Å². The molecule has 0 N–H and O–H groups in total. The van der Waals surface area contributed by atoms with Crippen LogP contribution in [0.5, 0.6) is 0 Å². The van der Waals surface area contributed by atoms with Crippen LogP contribution in [0.15, 0.2) is 46.4 Å². The predicted molar refractivity (Wildman–Crippen MR) is 148 cm³/mol. The molecule has 11 heteroatoms. The molecule has 3 aliphatic rings. The molecule has 6 rings (SSSR count). The number of amidine groups is 1. The van der Waals surface area contributed by atoms with E-state index in [0.29, 0.717) is 57.6 Å². The van der Waals surface area contributed by atoms with Gasteiger partial charge in [-0.05, 0) is 56.0 Å². The molecular weight excluding hydrogens is 505 g/mol. The third-order valence-electron chi connectivity index (χ3n) is 7.18. The number of fused-ring (bicyclic) bond motifs is 1. The van der Waals surface area contributed by atoms with E-state index in [1.807, 2.05) is 24.3 Å². The summed E-state index contributed by atoms with van der Waals surface area (Å²) in [6.07, 6.45) is 3.44. The van der Waals surface area contributed by atoms with E-state index in [2.05, 4.69) is 38.5 Å². The number of thioether (sulfide) groups is 1. The lowest BCUT2D eigenvalue weighted by Crippen LogP contribution is -2.49. The number of carbonyl (C=O) groups excluding carboxylic acids is 1. The smallest absolute Gasteiger partial charge is 0.286 e. The van der Waals surface area contributed by atoms with Crippen LogP contribution in [0.4, 0.5) is 10.1 Å². The number of piperazine rings is 1. The number of rotatable bonds is 4. The minimum Gasteiger partial charge on any atom is -0.378 e. The number of amides is 1. The topological polar surface area (TPSA) is 78.6 Å². The van der Waals surface area contributed by atoms with Crippen LogP contribution in [-0.2, 0) is 9.53 Å². The zero-order valence-electron chi connectivity index (χ0n) is 21.5. The molecule has 1 aromatic carbocycles. The number of carbonyl (C=O) groups is 1. The van der Waals surface area contributed by atoms with Gasteiger partial charge in [-0.15, -0.1) is 0 Å². The highest BCUT2D eigenvalue weighted by molar-refractivity contribution is 8.18. The van der Waals surface area contributed by atoms with E-state index in [1.54, 1.807) is 22.9 Å². The summed E-state index contributed by atoms with van der Waals surface area (Å²) in [6, 6.07) is 9.48. The van der Waals surface area contributed by atoms with Crippen LogP contribution in [0.3, 0.4) is 0 Å². The van der Waals surface area contributed by atoms with Gasteiger partial charge in [0.2, 0.25) is 0 Å². The maximum atomic E-state index is 15.3. The number of hydrogen-bond donors (Lipinski definition) is 0. The van der Waals surface area contributed by atoms with Crippen LogP contribution >= 0.6 is 11.8 Å². The molecule has 0 bridgehead atoms. The Morgan fingerprint density at radius 2 is 1.82 bits per heavy atom. The number of benzene rings is 1. The van der Waals surface area contributed by atoms with Crippen LogP contribution in [0.25, 0.3) is 23.0 Å². The maximum absolute atomic E-state index is 15.3. The second-order valence-corrected chi connectivity index (χ2v) is 10.9. The standard InChI is InChI=1S/C27H30FN7O2S/c1-18(2)32-7-9-33(10-8-32)22-5-3-19(15-21(22)28)23-17-29-25-6-4-20(31-35(23)25)16-24-26(36)30-27(38-24)34-11-13-37-14-12-34/h3-6,15-18H,7-14H2,1-2H3/b24-16-. The number of ether oxygens (including phenoxy) is 1. The zero-order valence-corrected chi connectivity index (χ0v) is 22.3. The Kier molecular flexibility index (Phi) is 6.89. The first-order valence-corrected chi connectivity index (χ1v) is 13.8. The summed E-state index contributed by atoms with van der Waals surface area (Å²) < 4.78 is 22.4. The molecule has 0 radical (unpaired) electrons. The van der Waals surface area contributed by atoms with E-state index >= 15 is 4.39 Å². The molecule has 2 saturated heterocycles. The van der Waals surface area contributed by atoms with E-state index < -0.39 is 0 Å². The van der Waals surface area contributed by atoms with Crippen LogP contribution in [0, 0.1) is 5.82 Å². The Labute approximate surface area is 225 Å². The average Bonchev–Trinajstić information content (AvgIpc) is 3.52. The lowest BCUT2D eigenvalue weighted by atomic mass is 10.1. The van der Waals surface area contributed by atoms with Crippen molar-refractivity contribution in [1.82, 2.24) is 24.4 Å². The van der Waals surface area contributed by atoms with Crippen LogP contribution < -0.4 is 4.90 Å². The first-order valence-electron chi connectivity index (χ1n) is 13.0. The lowest BCUT2D eigenvalue weighted by molar-refractivity contribution is -0.113. The van der Waals surface area contributed by atoms with E-state index in [1.165, 1.54) is 11.8 Å². The van der Waals surface area contributed by atoms with Crippen LogP contribution in [-0.4, -0.2) is 94.0 Å². The van der Waals surface area contributed by atoms with Crippen LogP contribution in [0.1, 0.15) is 19.5 Å². The largest absolute Gasteiger partial charge is 0.378 e. The molecule has 2 aromatic heterocycles. The van der Waals surface area contributed by atoms with Gasteiger partial charge in [-0.2, -0.15) is 10.1 Å². The van der Waals surface area contributed by atoms with Gasteiger partial charge < -0.3 is 14.5 Å². The molecule has 0 aliphatic carbocycles. The van der Waals surface area contributed by atoms with Gasteiger partial charge >= 0.3 is 0 Å². The Balaban J connectivity index is 1.22. The fraction of sp³-hybridized carbons (Fsp3) is 0.407. The van der Waals surface area contributed by atoms with Crippen molar-refractivity contribution in [2.24, 2.45) is 4.99 Å². The lowest BCUT2D eigenvalue weighted by Gasteiger charge is -2.38. The second-order valence-electron chi connectivity index (χ2n) is 9.86. The molecule has 3 aliphatic heterocycles. The number of imidazole rings is 1. The highest BCUT2D eigenvalue weighted by Gasteiger charge is 2.27. The van der Waals surface area contributed by atoms with Gasteiger partial charge in [0.05, 0.1) is 41.4 Å². The summed E-state index contributed by atoms with van der Waals surface area (Å²) >= 11 is 1.36. The van der Waals surface area contributed by atoms with Gasteiger partial charge in [0.1, 0.15) is 5.82 Å². The molecule has 1 amide bonds. The minimum atomic E-state index is -0.267. The molecule has 5 heterocycles. The van der Waals surface area contributed by atoms with Gasteiger partial charge in [-0.1, -0.05) is 6.07 Å². The van der Waals surface area contributed by atoms with Crippen molar-refractivity contribution in [2.45, 2.75) is 19.9 Å². The fourth-order valence-corrected chi connectivity index (χ4v) is 5.93. The van der Waals surface area contributed by atoms with Crippen molar-refractivity contribution in [1.29, 1.82) is 0 Å². The number of aliphatic imine (C=N–C) groups is 1. The first-order chi connectivity index (χ1) is 18.5. The van der Waals surface area contributed by atoms with Gasteiger partial charge in [-0.3, -0.25) is 9.69 Å². The van der Waals surface area contributed by atoms with Crippen molar-refractivity contribution >= 4 is 40.2 Å². The third kappa shape index (κ3) is 4.93. The van der Waals surface area contributed by atoms with Crippen molar-refractivity contribution < 1.29 is 13.9 Å². The zero-order chi connectivity index (χ0) is 26.2. The Hall–Kier alpha value is -3.28. The van der Waals surface area contributed by atoms with Gasteiger partial charge in [0.15, 0.2) is 10.8 Å². The molecular formula is C27H30FN7O2S. The van der Waals surface area contributed by atoms with E-state index in [9.17, 15) is 4.79 Å². The number of nitrogens with zero attached hydrogens (tertiary/aromatic N) is 7. The van der Waals surface area contributed by atoms with Gasteiger partial charge in [0.25, 0.3) is 5.91 Å². The summed E-state index contributed by atoms with van der Waals surface area (Å²) in [4.78, 5) is 28.3. The molecule has 9 nitrogen and oxygen atoms in total. The second kappa shape index (κ2) is 10.5. The number of anilines is 1. The number of morpholine rings is 1. The van der Waals surface area contributed by atoms with E-state index in [0.717, 1.165) is 39.3 Å². The molecule has 38 heavy (non-hydrogen) atoms. The predicted octanol–water partition coefficient (Wildman–Crippen LogP) is 3.37. The number of halogens is 1. The highest BCUT2D eigenvalue weighted by Crippen LogP contribution is 2.31. The van der Waals surface area contributed by atoms with Gasteiger partial charge in [-0.25, -0.2) is 13.9 Å². The summed E-state index contributed by atoms with van der Waals surface area (Å²) in [7, 11) is 0. The third-order valence-corrected chi connectivity index (χ3v) is 8.23. The van der Waals surface area contributed by atoms with Crippen molar-refractivity contribution in [3.63, 3.8) is 0 Å². The first kappa shape index (κ1) is 25.0. The van der Waals surface area contributed by atoms with Crippen molar-refractivity contribution in [2.75, 3.05) is 57.4 Å². The van der Waals surface area contributed by atoms with Crippen LogP contribution in [0.2, 0.25) is 0 Å². The summed E-state index contributed by atoms with van der Waals surface area (Å²) in [6.45, 7) is 10.5. The molecule has 0 spiro atoms. The SMILES string of the molecule is CC(C)N1CCN(c2ccc(-c3cnc4ccc(/C=C5\SC(N6CCOCC6)=NC5=O)nn34)cc2F)CC1. The number of hydrogen-bond acceptors (Lipinski definition) is 8. The summed E-state index contributed by atoms with van der Waals surface area (Å²) in [5.74, 6) is -0.523. The Morgan fingerprint density at radius 3 is 2.55 bits per heavy atom. The molecule has 198 valence electrons. The van der Waals surface area contributed by atoms with Crippen molar-refractivity contribution in [3.8, 4) is 11.3 Å².